The lowest BCUT2D eigenvalue weighted by atomic mass is 10.3. The van der Waals surface area contributed by atoms with E-state index < -0.39 is 6.36 Å². The van der Waals surface area contributed by atoms with Crippen molar-refractivity contribution in [3.8, 4) is 5.75 Å². The van der Waals surface area contributed by atoms with E-state index in [2.05, 4.69) is 14.9 Å². The second kappa shape index (κ2) is 6.72. The Kier molecular flexibility index (Phi) is 4.38. The molecule has 7 nitrogen and oxygen atoms in total. The van der Waals surface area contributed by atoms with Crippen molar-refractivity contribution in [2.24, 2.45) is 0 Å². The number of fused-ring (bicyclic) bond motifs is 1. The van der Waals surface area contributed by atoms with Gasteiger partial charge >= 0.3 is 6.36 Å². The molecule has 1 aliphatic heterocycles. The Labute approximate surface area is 154 Å². The highest BCUT2D eigenvalue weighted by Gasteiger charge is 2.31. The molecular formula is C16H13F3N4O3S. The van der Waals surface area contributed by atoms with E-state index >= 15 is 0 Å². The average Bonchev–Trinajstić information content (AvgIpc) is 3.29. The molecule has 11 heteroatoms. The van der Waals surface area contributed by atoms with E-state index in [4.69, 9.17) is 4.52 Å². The van der Waals surface area contributed by atoms with Crippen molar-refractivity contribution in [1.82, 2.24) is 15.0 Å². The van der Waals surface area contributed by atoms with Crippen LogP contribution in [0.1, 0.15) is 10.6 Å². The predicted molar refractivity (Wildman–Crippen MR) is 90.9 cm³/mol. The van der Waals surface area contributed by atoms with Crippen molar-refractivity contribution in [3.63, 3.8) is 0 Å². The third-order valence-corrected chi connectivity index (χ3v) is 5.15. The summed E-state index contributed by atoms with van der Waals surface area (Å²) in [7, 11) is 0. The van der Waals surface area contributed by atoms with Gasteiger partial charge < -0.3 is 19.1 Å². The minimum atomic E-state index is -4.73. The number of carbonyl (C=O) groups is 1. The molecule has 0 spiro atoms. The standard InChI is InChI=1S/C16H13F3N4O3S/c17-16(18,19)25-10-1-2-11-13(9-10)27-15(21-11)23-7-5-22(6-8-23)14(24)12-3-4-20-26-12/h1-4,9H,5-8H2. The summed E-state index contributed by atoms with van der Waals surface area (Å²) in [5.41, 5.74) is 0.602. The molecule has 0 N–H and O–H groups in total. The number of alkyl halides is 3. The molecule has 27 heavy (non-hydrogen) atoms. The van der Waals surface area contributed by atoms with Crippen LogP contribution in [0.3, 0.4) is 0 Å². The molecule has 0 saturated carbocycles. The summed E-state index contributed by atoms with van der Waals surface area (Å²) in [5.74, 6) is -0.293. The summed E-state index contributed by atoms with van der Waals surface area (Å²) in [5, 5.41) is 4.23. The topological polar surface area (TPSA) is 71.7 Å². The number of benzene rings is 1. The van der Waals surface area contributed by atoms with Gasteiger partial charge in [0.05, 0.1) is 16.4 Å². The van der Waals surface area contributed by atoms with Gasteiger partial charge in [0.2, 0.25) is 5.76 Å². The third kappa shape index (κ3) is 3.82. The highest BCUT2D eigenvalue weighted by Crippen LogP contribution is 2.33. The Morgan fingerprint density at radius 2 is 1.96 bits per heavy atom. The minimum absolute atomic E-state index is 0.195. The van der Waals surface area contributed by atoms with Gasteiger partial charge in [-0.25, -0.2) is 4.98 Å². The number of amides is 1. The number of anilines is 1. The number of hydrogen-bond acceptors (Lipinski definition) is 7. The molecule has 1 saturated heterocycles. The first kappa shape index (κ1) is 17.6. The van der Waals surface area contributed by atoms with Crippen LogP contribution in [-0.4, -0.2) is 53.5 Å². The van der Waals surface area contributed by atoms with Gasteiger partial charge in [-0.15, -0.1) is 13.2 Å². The van der Waals surface area contributed by atoms with Crippen molar-refractivity contribution in [2.75, 3.05) is 31.1 Å². The highest BCUT2D eigenvalue weighted by molar-refractivity contribution is 7.22. The van der Waals surface area contributed by atoms with Gasteiger partial charge in [-0.3, -0.25) is 4.79 Å². The number of ether oxygens (including phenoxy) is 1. The Morgan fingerprint density at radius 3 is 2.63 bits per heavy atom. The second-order valence-electron chi connectivity index (χ2n) is 5.83. The van der Waals surface area contributed by atoms with Gasteiger partial charge in [0, 0.05) is 38.3 Å². The lowest BCUT2D eigenvalue weighted by Gasteiger charge is -2.33. The van der Waals surface area contributed by atoms with E-state index in [1.807, 2.05) is 4.90 Å². The van der Waals surface area contributed by atoms with Gasteiger partial charge in [0.25, 0.3) is 5.91 Å². The first-order valence-electron chi connectivity index (χ1n) is 8.00. The van der Waals surface area contributed by atoms with Crippen LogP contribution in [0.25, 0.3) is 10.2 Å². The van der Waals surface area contributed by atoms with E-state index in [-0.39, 0.29) is 17.4 Å². The highest BCUT2D eigenvalue weighted by atomic mass is 32.1. The molecule has 1 amide bonds. The first-order valence-corrected chi connectivity index (χ1v) is 8.82. The minimum Gasteiger partial charge on any atom is -0.406 e. The van der Waals surface area contributed by atoms with E-state index in [0.29, 0.717) is 41.5 Å². The molecule has 1 fully saturated rings. The summed E-state index contributed by atoms with van der Waals surface area (Å²) in [6.07, 6.45) is -3.31. The Morgan fingerprint density at radius 1 is 1.19 bits per heavy atom. The molecule has 4 rings (SSSR count). The molecule has 2 aromatic heterocycles. The number of piperazine rings is 1. The van der Waals surface area contributed by atoms with Gasteiger partial charge in [0.15, 0.2) is 5.13 Å². The number of aromatic nitrogens is 2. The molecule has 3 heterocycles. The van der Waals surface area contributed by atoms with Crippen molar-refractivity contribution in [2.45, 2.75) is 6.36 Å². The van der Waals surface area contributed by atoms with E-state index in [1.54, 1.807) is 4.90 Å². The number of carbonyl (C=O) groups excluding carboxylic acids is 1. The summed E-state index contributed by atoms with van der Waals surface area (Å²) in [4.78, 5) is 20.4. The molecule has 142 valence electrons. The van der Waals surface area contributed by atoms with E-state index in [9.17, 15) is 18.0 Å². The van der Waals surface area contributed by atoms with Crippen molar-refractivity contribution in [3.05, 3.63) is 36.2 Å². The van der Waals surface area contributed by atoms with Gasteiger partial charge in [-0.05, 0) is 12.1 Å². The molecule has 0 aliphatic carbocycles. The van der Waals surface area contributed by atoms with Crippen molar-refractivity contribution < 1.29 is 27.2 Å². The number of halogens is 3. The fourth-order valence-electron chi connectivity index (χ4n) is 2.81. The van der Waals surface area contributed by atoms with Crippen LogP contribution in [0.15, 0.2) is 35.0 Å². The van der Waals surface area contributed by atoms with Crippen LogP contribution in [0.2, 0.25) is 0 Å². The summed E-state index contributed by atoms with van der Waals surface area (Å²) in [6.45, 7) is 2.09. The maximum absolute atomic E-state index is 12.4. The molecule has 3 aromatic rings. The Balaban J connectivity index is 1.45. The fraction of sp³-hybridized carbons (Fsp3) is 0.312. The van der Waals surface area contributed by atoms with Gasteiger partial charge in [0.1, 0.15) is 5.75 Å². The fourth-order valence-corrected chi connectivity index (χ4v) is 3.85. The van der Waals surface area contributed by atoms with E-state index in [0.717, 1.165) is 0 Å². The van der Waals surface area contributed by atoms with Gasteiger partial charge in [-0.2, -0.15) is 0 Å². The lowest BCUT2D eigenvalue weighted by Crippen LogP contribution is -2.48. The quantitative estimate of drug-likeness (QED) is 0.675. The van der Waals surface area contributed by atoms with Crippen LogP contribution in [0.4, 0.5) is 18.3 Å². The Bertz CT molecular complexity index is 950. The molecule has 1 aromatic carbocycles. The van der Waals surface area contributed by atoms with Crippen LogP contribution in [-0.2, 0) is 0 Å². The Hall–Kier alpha value is -2.82. The zero-order valence-electron chi connectivity index (χ0n) is 13.8. The summed E-state index contributed by atoms with van der Waals surface area (Å²) in [6, 6.07) is 5.59. The molecular weight excluding hydrogens is 385 g/mol. The SMILES string of the molecule is O=C(c1ccno1)N1CCN(c2nc3ccc(OC(F)(F)F)cc3s2)CC1. The zero-order valence-corrected chi connectivity index (χ0v) is 14.6. The smallest absolute Gasteiger partial charge is 0.406 e. The van der Waals surface area contributed by atoms with Crippen molar-refractivity contribution >= 4 is 32.6 Å². The number of thiazole rings is 1. The molecule has 0 unspecified atom stereocenters. The second-order valence-corrected chi connectivity index (χ2v) is 6.84. The molecule has 0 radical (unpaired) electrons. The largest absolute Gasteiger partial charge is 0.573 e. The maximum atomic E-state index is 12.4. The molecule has 0 atom stereocenters. The average molecular weight is 398 g/mol. The van der Waals surface area contributed by atoms with Crippen LogP contribution in [0, 0.1) is 0 Å². The molecule has 0 bridgehead atoms. The predicted octanol–water partition coefficient (Wildman–Crippen LogP) is 3.15. The van der Waals surface area contributed by atoms with Crippen LogP contribution < -0.4 is 9.64 Å². The first-order chi connectivity index (χ1) is 12.9. The van der Waals surface area contributed by atoms with Crippen LogP contribution in [0.5, 0.6) is 5.75 Å². The van der Waals surface area contributed by atoms with Crippen molar-refractivity contribution in [1.29, 1.82) is 0 Å². The molecule has 1 aliphatic rings. The lowest BCUT2D eigenvalue weighted by molar-refractivity contribution is -0.274. The van der Waals surface area contributed by atoms with Crippen LogP contribution >= 0.6 is 11.3 Å². The number of rotatable bonds is 3. The monoisotopic (exact) mass is 398 g/mol. The summed E-state index contributed by atoms with van der Waals surface area (Å²) >= 11 is 1.29. The third-order valence-electron chi connectivity index (χ3n) is 4.07. The van der Waals surface area contributed by atoms with Gasteiger partial charge in [-0.1, -0.05) is 16.5 Å². The van der Waals surface area contributed by atoms with E-state index in [1.165, 1.54) is 41.8 Å². The number of hydrogen-bond donors (Lipinski definition) is 0. The zero-order chi connectivity index (χ0) is 19.0. The maximum Gasteiger partial charge on any atom is 0.573 e. The normalized spacial score (nSPS) is 15.4. The summed E-state index contributed by atoms with van der Waals surface area (Å²) < 4.78 is 46.5. The number of nitrogens with zero attached hydrogens (tertiary/aromatic N) is 4.